The van der Waals surface area contributed by atoms with Gasteiger partial charge in [0.15, 0.2) is 0 Å². The summed E-state index contributed by atoms with van der Waals surface area (Å²) in [7, 11) is 0. The molecule has 2 aliphatic rings. The van der Waals surface area contributed by atoms with Gasteiger partial charge in [0.05, 0.1) is 6.10 Å². The minimum atomic E-state index is -0.844. The molecule has 0 aromatic rings. The van der Waals surface area contributed by atoms with Gasteiger partial charge in [-0.1, -0.05) is 20.3 Å². The molecule has 1 aliphatic heterocycles. The van der Waals surface area contributed by atoms with Crippen molar-refractivity contribution in [1.82, 2.24) is 10.4 Å². The molecule has 0 radical (unpaired) electrons. The number of nitrogens with two attached hydrogens (primary N) is 1. The largest absolute Gasteiger partial charge is 0.378 e. The van der Waals surface area contributed by atoms with Crippen LogP contribution in [0.5, 0.6) is 0 Å². The highest BCUT2D eigenvalue weighted by atomic mass is 16.5. The van der Waals surface area contributed by atoms with Gasteiger partial charge in [-0.15, -0.1) is 0 Å². The Labute approximate surface area is 128 Å². The molecule has 2 rings (SSSR count). The molecule has 1 aliphatic carbocycles. The third-order valence-electron chi connectivity index (χ3n) is 5.66. The van der Waals surface area contributed by atoms with Crippen LogP contribution in [-0.2, 0) is 9.53 Å². The average Bonchev–Trinajstić information content (AvgIpc) is 2.42. The molecule has 122 valence electrons. The van der Waals surface area contributed by atoms with Gasteiger partial charge >= 0.3 is 0 Å². The van der Waals surface area contributed by atoms with E-state index in [2.05, 4.69) is 24.3 Å². The van der Waals surface area contributed by atoms with E-state index >= 15 is 0 Å². The SMILES string of the molecule is CCOC1CC(N)(C(=O)NN2C(C)CCCC2C)C1(C)C. The molecule has 4 atom stereocenters. The number of nitrogens with one attached hydrogen (secondary N) is 1. The first-order chi connectivity index (χ1) is 9.74. The van der Waals surface area contributed by atoms with Crippen LogP contribution in [0.15, 0.2) is 0 Å². The molecule has 1 heterocycles. The summed E-state index contributed by atoms with van der Waals surface area (Å²) in [6.45, 7) is 11.0. The second-order valence-electron chi connectivity index (χ2n) is 7.32. The summed E-state index contributed by atoms with van der Waals surface area (Å²) < 4.78 is 5.70. The molecule has 0 aromatic heterocycles. The van der Waals surface area contributed by atoms with Gasteiger partial charge in [-0.3, -0.25) is 10.2 Å². The van der Waals surface area contributed by atoms with E-state index in [1.54, 1.807) is 0 Å². The van der Waals surface area contributed by atoms with E-state index in [1.807, 2.05) is 20.8 Å². The number of nitrogens with zero attached hydrogens (tertiary/aromatic N) is 1. The van der Waals surface area contributed by atoms with E-state index in [4.69, 9.17) is 10.5 Å². The number of carbonyl (C=O) groups is 1. The molecule has 1 amide bonds. The van der Waals surface area contributed by atoms with Crippen LogP contribution in [0.1, 0.15) is 60.3 Å². The van der Waals surface area contributed by atoms with Crippen LogP contribution in [0.2, 0.25) is 0 Å². The normalized spacial score (nSPS) is 39.6. The zero-order valence-electron chi connectivity index (χ0n) is 14.1. The highest BCUT2D eigenvalue weighted by molar-refractivity contribution is 5.88. The fourth-order valence-corrected chi connectivity index (χ4v) is 3.68. The molecule has 5 heteroatoms. The Balaban J connectivity index is 2.03. The number of hydrazine groups is 1. The Morgan fingerprint density at radius 2 is 1.90 bits per heavy atom. The lowest BCUT2D eigenvalue weighted by Gasteiger charge is -2.58. The zero-order valence-corrected chi connectivity index (χ0v) is 14.1. The first kappa shape index (κ1) is 16.7. The average molecular weight is 297 g/mol. The van der Waals surface area contributed by atoms with Crippen molar-refractivity contribution in [3.8, 4) is 0 Å². The van der Waals surface area contributed by atoms with Gasteiger partial charge in [0, 0.05) is 30.5 Å². The van der Waals surface area contributed by atoms with Crippen LogP contribution < -0.4 is 11.2 Å². The fraction of sp³-hybridized carbons (Fsp3) is 0.938. The Hall–Kier alpha value is -0.650. The molecule has 1 saturated heterocycles. The Bertz CT molecular complexity index is 389. The summed E-state index contributed by atoms with van der Waals surface area (Å²) in [5.74, 6) is -0.0657. The maximum absolute atomic E-state index is 12.7. The lowest BCUT2D eigenvalue weighted by Crippen LogP contribution is -2.77. The number of hydrogen-bond acceptors (Lipinski definition) is 4. The van der Waals surface area contributed by atoms with Crippen LogP contribution in [0.3, 0.4) is 0 Å². The second-order valence-corrected chi connectivity index (χ2v) is 7.32. The van der Waals surface area contributed by atoms with Crippen molar-refractivity contribution < 1.29 is 9.53 Å². The summed E-state index contributed by atoms with van der Waals surface area (Å²) in [5.41, 5.74) is 8.35. The molecule has 1 saturated carbocycles. The lowest BCUT2D eigenvalue weighted by atomic mass is 9.54. The molecular formula is C16H31N3O2. The van der Waals surface area contributed by atoms with Crippen LogP contribution in [-0.4, -0.2) is 41.2 Å². The minimum absolute atomic E-state index is 0.0643. The molecule has 21 heavy (non-hydrogen) atoms. The first-order valence-corrected chi connectivity index (χ1v) is 8.24. The quantitative estimate of drug-likeness (QED) is 0.830. The van der Waals surface area contributed by atoms with Crippen molar-refractivity contribution in [2.75, 3.05) is 6.61 Å². The molecule has 0 bridgehead atoms. The van der Waals surface area contributed by atoms with E-state index < -0.39 is 5.54 Å². The predicted molar refractivity (Wildman–Crippen MR) is 83.5 cm³/mol. The fourth-order valence-electron chi connectivity index (χ4n) is 3.68. The molecular weight excluding hydrogens is 266 g/mol. The van der Waals surface area contributed by atoms with E-state index in [9.17, 15) is 4.79 Å². The molecule has 0 spiro atoms. The third-order valence-corrected chi connectivity index (χ3v) is 5.66. The maximum Gasteiger partial charge on any atom is 0.255 e. The monoisotopic (exact) mass is 297 g/mol. The minimum Gasteiger partial charge on any atom is -0.378 e. The van der Waals surface area contributed by atoms with Gasteiger partial charge in [-0.05, 0) is 33.6 Å². The summed E-state index contributed by atoms with van der Waals surface area (Å²) in [5, 5.41) is 2.09. The molecule has 2 fully saturated rings. The van der Waals surface area contributed by atoms with E-state index in [0.29, 0.717) is 25.1 Å². The Kier molecular flexibility index (Phi) is 4.66. The van der Waals surface area contributed by atoms with Crippen molar-refractivity contribution >= 4 is 5.91 Å². The van der Waals surface area contributed by atoms with E-state index in [1.165, 1.54) is 6.42 Å². The highest BCUT2D eigenvalue weighted by Gasteiger charge is 2.63. The van der Waals surface area contributed by atoms with Crippen LogP contribution in [0.25, 0.3) is 0 Å². The van der Waals surface area contributed by atoms with Gasteiger partial charge in [0.25, 0.3) is 5.91 Å². The van der Waals surface area contributed by atoms with Gasteiger partial charge in [-0.25, -0.2) is 5.01 Å². The van der Waals surface area contributed by atoms with Gasteiger partial charge in [0.1, 0.15) is 5.54 Å². The summed E-state index contributed by atoms with van der Waals surface area (Å²) in [6.07, 6.45) is 4.12. The number of rotatable bonds is 4. The van der Waals surface area contributed by atoms with Crippen LogP contribution >= 0.6 is 0 Å². The Morgan fingerprint density at radius 3 is 2.38 bits per heavy atom. The molecule has 5 nitrogen and oxygen atoms in total. The van der Waals surface area contributed by atoms with Crippen molar-refractivity contribution in [3.05, 3.63) is 0 Å². The van der Waals surface area contributed by atoms with Gasteiger partial charge in [-0.2, -0.15) is 0 Å². The lowest BCUT2D eigenvalue weighted by molar-refractivity contribution is -0.176. The highest BCUT2D eigenvalue weighted by Crippen LogP contribution is 2.49. The predicted octanol–water partition coefficient (Wildman–Crippen LogP) is 1.81. The number of carbonyl (C=O) groups excluding carboxylic acids is 1. The standard InChI is InChI=1S/C16H31N3O2/c1-6-21-13-10-16(17,15(13,4)5)14(20)18-19-11(2)8-7-9-12(19)3/h11-13H,6-10,17H2,1-5H3,(H,18,20). The van der Waals surface area contributed by atoms with Gasteiger partial charge < -0.3 is 10.5 Å². The van der Waals surface area contributed by atoms with Gasteiger partial charge in [0.2, 0.25) is 0 Å². The van der Waals surface area contributed by atoms with Crippen molar-refractivity contribution in [3.63, 3.8) is 0 Å². The van der Waals surface area contributed by atoms with Crippen molar-refractivity contribution in [2.24, 2.45) is 11.1 Å². The van der Waals surface area contributed by atoms with Crippen molar-refractivity contribution in [2.45, 2.75) is 84.0 Å². The third kappa shape index (κ3) is 2.71. The zero-order chi connectivity index (χ0) is 15.8. The number of hydrogen-bond donors (Lipinski definition) is 2. The van der Waals surface area contributed by atoms with E-state index in [-0.39, 0.29) is 17.4 Å². The maximum atomic E-state index is 12.7. The number of ether oxygens (including phenoxy) is 1. The summed E-state index contributed by atoms with van der Waals surface area (Å²) in [4.78, 5) is 12.7. The van der Waals surface area contributed by atoms with E-state index in [0.717, 1.165) is 12.8 Å². The van der Waals surface area contributed by atoms with Crippen LogP contribution in [0, 0.1) is 5.41 Å². The number of amides is 1. The molecule has 0 aromatic carbocycles. The smallest absolute Gasteiger partial charge is 0.255 e. The topological polar surface area (TPSA) is 67.6 Å². The summed E-state index contributed by atoms with van der Waals surface area (Å²) in [6, 6.07) is 0.736. The second kappa shape index (κ2) is 5.86. The summed E-state index contributed by atoms with van der Waals surface area (Å²) >= 11 is 0. The van der Waals surface area contributed by atoms with Crippen LogP contribution in [0.4, 0.5) is 0 Å². The molecule has 4 unspecified atom stereocenters. The molecule has 3 N–H and O–H groups in total. The Morgan fingerprint density at radius 1 is 1.33 bits per heavy atom. The number of piperidine rings is 1. The first-order valence-electron chi connectivity index (χ1n) is 8.24. The van der Waals surface area contributed by atoms with Crippen molar-refractivity contribution in [1.29, 1.82) is 0 Å².